The zero-order chi connectivity index (χ0) is 18.3. The number of fused-ring (bicyclic) bond motifs is 1. The van der Waals surface area contributed by atoms with E-state index in [1.807, 2.05) is 6.07 Å². The summed E-state index contributed by atoms with van der Waals surface area (Å²) in [6.45, 7) is 0. The van der Waals surface area contributed by atoms with Crippen LogP contribution in [0.4, 0.5) is 5.69 Å². The lowest BCUT2D eigenvalue weighted by Crippen LogP contribution is -2.21. The van der Waals surface area contributed by atoms with Crippen molar-refractivity contribution in [3.63, 3.8) is 0 Å². The molecule has 2 amide bonds. The number of hydrogen-bond donors (Lipinski definition) is 2. The maximum absolute atomic E-state index is 12.5. The molecular weight excluding hydrogens is 332 g/mol. The van der Waals surface area contributed by atoms with Gasteiger partial charge in [-0.3, -0.25) is 9.59 Å². The summed E-state index contributed by atoms with van der Waals surface area (Å²) >= 11 is 0. The molecule has 7 nitrogen and oxygen atoms in total. The van der Waals surface area contributed by atoms with Gasteiger partial charge in [-0.15, -0.1) is 4.91 Å². The first-order chi connectivity index (χ1) is 12.6. The van der Waals surface area contributed by atoms with Crippen LogP contribution in [0.25, 0.3) is 11.4 Å². The van der Waals surface area contributed by atoms with Crippen LogP contribution in [0.2, 0.25) is 0 Å². The van der Waals surface area contributed by atoms with Crippen LogP contribution < -0.4 is 10.6 Å². The van der Waals surface area contributed by atoms with Gasteiger partial charge in [-0.25, -0.2) is 0 Å². The largest absolute Gasteiger partial charge is 0.321 e. The molecule has 0 radical (unpaired) electrons. The molecule has 0 aliphatic carbocycles. The second kappa shape index (κ2) is 5.79. The van der Waals surface area contributed by atoms with Gasteiger partial charge in [-0.2, -0.15) is 5.26 Å². The Morgan fingerprint density at radius 3 is 2.04 bits per heavy atom. The number of nitroso groups, excluding NO2 is 1. The quantitative estimate of drug-likeness (QED) is 0.834. The smallest absolute Gasteiger partial charge is 0.258 e. The normalized spacial score (nSPS) is 15.5. The van der Waals surface area contributed by atoms with Crippen LogP contribution in [-0.4, -0.2) is 11.8 Å². The summed E-state index contributed by atoms with van der Waals surface area (Å²) in [6, 6.07) is 15.0. The Balaban J connectivity index is 1.87. The number of amides is 2. The minimum absolute atomic E-state index is 0.248. The maximum atomic E-state index is 12.5. The summed E-state index contributed by atoms with van der Waals surface area (Å²) in [6.07, 6.45) is 0. The van der Waals surface area contributed by atoms with Crippen LogP contribution in [0.1, 0.15) is 16.7 Å². The lowest BCUT2D eigenvalue weighted by atomic mass is 10.0. The molecule has 0 saturated carbocycles. The van der Waals surface area contributed by atoms with Gasteiger partial charge in [0, 0.05) is 5.56 Å². The predicted octanol–water partition coefficient (Wildman–Crippen LogP) is 2.34. The van der Waals surface area contributed by atoms with E-state index in [-0.39, 0.29) is 16.8 Å². The highest BCUT2D eigenvalue weighted by atomic mass is 16.3. The van der Waals surface area contributed by atoms with Crippen LogP contribution in [0, 0.1) is 16.2 Å². The molecule has 2 N–H and O–H groups in total. The van der Waals surface area contributed by atoms with Gasteiger partial charge in [0.05, 0.1) is 34.2 Å². The van der Waals surface area contributed by atoms with Crippen LogP contribution in [0.15, 0.2) is 64.9 Å². The third-order valence-corrected chi connectivity index (χ3v) is 4.22. The monoisotopic (exact) mass is 342 g/mol. The van der Waals surface area contributed by atoms with E-state index < -0.39 is 11.8 Å². The average molecular weight is 342 g/mol. The highest BCUT2D eigenvalue weighted by molar-refractivity contribution is 6.30. The summed E-state index contributed by atoms with van der Waals surface area (Å²) < 4.78 is 0. The van der Waals surface area contributed by atoms with Gasteiger partial charge in [0.1, 0.15) is 5.69 Å². The Kier molecular flexibility index (Phi) is 3.45. The van der Waals surface area contributed by atoms with Gasteiger partial charge in [0.15, 0.2) is 0 Å². The van der Waals surface area contributed by atoms with E-state index in [9.17, 15) is 14.5 Å². The Hall–Kier alpha value is -4.05. The zero-order valence-corrected chi connectivity index (χ0v) is 13.2. The molecule has 0 bridgehead atoms. The van der Waals surface area contributed by atoms with Gasteiger partial charge >= 0.3 is 0 Å². The van der Waals surface area contributed by atoms with Crippen molar-refractivity contribution in [2.75, 3.05) is 0 Å². The topological polar surface area (TPSA) is 111 Å². The van der Waals surface area contributed by atoms with Gasteiger partial charge in [-0.1, -0.05) is 24.3 Å². The molecular formula is C19H10N4O3. The summed E-state index contributed by atoms with van der Waals surface area (Å²) in [5, 5.41) is 17.3. The Bertz CT molecular complexity index is 1090. The minimum atomic E-state index is -0.400. The van der Waals surface area contributed by atoms with E-state index in [0.29, 0.717) is 28.1 Å². The van der Waals surface area contributed by atoms with Crippen LogP contribution in [-0.2, 0) is 9.59 Å². The number of hydrogen-bond acceptors (Lipinski definition) is 5. The van der Waals surface area contributed by atoms with Gasteiger partial charge < -0.3 is 10.6 Å². The fourth-order valence-electron chi connectivity index (χ4n) is 3.05. The number of benzene rings is 2. The van der Waals surface area contributed by atoms with Crippen LogP contribution >= 0.6 is 0 Å². The Morgan fingerprint density at radius 1 is 0.846 bits per heavy atom. The standard InChI is InChI=1S/C19H10N4O3/c20-9-10-2-1-3-12(8-10)17-15-14(18(24)22-17)16(21-19(15)25)11-4-6-13(23-26)7-5-11/h1-8H,(H,21,25)(H,22,24). The molecule has 2 aliphatic heterocycles. The molecule has 2 aromatic carbocycles. The molecule has 0 spiro atoms. The minimum Gasteiger partial charge on any atom is -0.321 e. The molecule has 2 heterocycles. The first-order valence-electron chi connectivity index (χ1n) is 7.68. The molecule has 4 rings (SSSR count). The van der Waals surface area contributed by atoms with Crippen molar-refractivity contribution in [1.82, 2.24) is 10.6 Å². The van der Waals surface area contributed by atoms with Crippen LogP contribution in [0.3, 0.4) is 0 Å². The first kappa shape index (κ1) is 15.5. The maximum Gasteiger partial charge on any atom is 0.258 e. The average Bonchev–Trinajstić information content (AvgIpc) is 3.20. The predicted molar refractivity (Wildman–Crippen MR) is 93.2 cm³/mol. The molecule has 26 heavy (non-hydrogen) atoms. The second-order valence-electron chi connectivity index (χ2n) is 5.74. The van der Waals surface area contributed by atoms with Crippen molar-refractivity contribution in [3.8, 4) is 6.07 Å². The summed E-state index contributed by atoms with van der Waals surface area (Å²) in [5.74, 6) is -0.799. The van der Waals surface area contributed by atoms with Gasteiger partial charge in [0.2, 0.25) is 0 Å². The SMILES string of the molecule is N#Cc1cccc(C2=C3C(=O)NC(c4ccc(N=O)cc4)=C3C(=O)N2)c1. The fraction of sp³-hybridized carbons (Fsp3) is 0. The Morgan fingerprint density at radius 2 is 1.46 bits per heavy atom. The second-order valence-corrected chi connectivity index (χ2v) is 5.74. The van der Waals surface area contributed by atoms with E-state index in [4.69, 9.17) is 5.26 Å². The number of nitriles is 1. The fourth-order valence-corrected chi connectivity index (χ4v) is 3.05. The summed E-state index contributed by atoms with van der Waals surface area (Å²) in [7, 11) is 0. The molecule has 124 valence electrons. The van der Waals surface area contributed by atoms with Crippen molar-refractivity contribution in [2.45, 2.75) is 0 Å². The van der Waals surface area contributed by atoms with Crippen molar-refractivity contribution < 1.29 is 9.59 Å². The molecule has 7 heteroatoms. The highest BCUT2D eigenvalue weighted by Crippen LogP contribution is 2.37. The molecule has 2 aromatic rings. The number of carbonyl (C=O) groups is 2. The molecule has 2 aliphatic rings. The lowest BCUT2D eigenvalue weighted by molar-refractivity contribution is -0.117. The molecule has 0 saturated heterocycles. The van der Waals surface area contributed by atoms with E-state index in [0.717, 1.165) is 0 Å². The number of nitrogens with one attached hydrogen (secondary N) is 2. The molecule has 0 fully saturated rings. The number of rotatable bonds is 3. The van der Waals surface area contributed by atoms with E-state index in [1.54, 1.807) is 36.4 Å². The molecule has 0 atom stereocenters. The van der Waals surface area contributed by atoms with Crippen molar-refractivity contribution in [1.29, 1.82) is 5.26 Å². The highest BCUT2D eigenvalue weighted by Gasteiger charge is 2.40. The summed E-state index contributed by atoms with van der Waals surface area (Å²) in [4.78, 5) is 35.6. The van der Waals surface area contributed by atoms with Gasteiger partial charge in [-0.05, 0) is 35.0 Å². The van der Waals surface area contributed by atoms with Gasteiger partial charge in [0.25, 0.3) is 11.8 Å². The Labute approximate surface area is 147 Å². The third kappa shape index (κ3) is 2.29. The van der Waals surface area contributed by atoms with E-state index in [2.05, 4.69) is 15.8 Å². The molecule has 0 aromatic heterocycles. The molecule has 0 unspecified atom stereocenters. The first-order valence-corrected chi connectivity index (χ1v) is 7.68. The third-order valence-electron chi connectivity index (χ3n) is 4.22. The van der Waals surface area contributed by atoms with E-state index >= 15 is 0 Å². The number of nitrogens with zero attached hydrogens (tertiary/aromatic N) is 2. The lowest BCUT2D eigenvalue weighted by Gasteiger charge is -2.07. The summed E-state index contributed by atoms with van der Waals surface area (Å²) in [5.41, 5.74) is 3.11. The van der Waals surface area contributed by atoms with Crippen molar-refractivity contribution in [3.05, 3.63) is 81.3 Å². The van der Waals surface area contributed by atoms with Crippen LogP contribution in [0.5, 0.6) is 0 Å². The van der Waals surface area contributed by atoms with Crippen molar-refractivity contribution in [2.24, 2.45) is 5.18 Å². The number of carbonyl (C=O) groups excluding carboxylic acids is 2. The zero-order valence-electron chi connectivity index (χ0n) is 13.2. The van der Waals surface area contributed by atoms with Crippen molar-refractivity contribution >= 4 is 28.9 Å². The van der Waals surface area contributed by atoms with E-state index in [1.165, 1.54) is 12.1 Å².